The first-order valence-electron chi connectivity index (χ1n) is 13.5. The molecule has 9 nitrogen and oxygen atoms in total. The van der Waals surface area contributed by atoms with Crippen molar-refractivity contribution in [1.82, 2.24) is 20.9 Å². The molecule has 37 heavy (non-hydrogen) atoms. The summed E-state index contributed by atoms with van der Waals surface area (Å²) in [4.78, 5) is 65.5. The summed E-state index contributed by atoms with van der Waals surface area (Å²) < 4.78 is 0. The largest absolute Gasteiger partial charge is 0.349 e. The fourth-order valence-electron chi connectivity index (χ4n) is 3.73. The Kier molecular flexibility index (Phi) is 16.4. The standard InChI is InChI=1S/C28H50N4O5/c1-10-12-13-14-23(33)31-25(19(5)6)28(37)29-21(15-16-24(34)32(8)9)27(36)30-22(17-18(3)4)26(35)20(7)11-2/h11,18-19,21-22,25H,10,12-17H2,1-9H3,(H,29,37)(H,30,36)(H,31,33)/b20-11-/t21-,22-,25-/m0/s1. The lowest BCUT2D eigenvalue weighted by atomic mass is 9.95. The number of hydrogen-bond donors (Lipinski definition) is 3. The molecule has 0 unspecified atom stereocenters. The maximum Gasteiger partial charge on any atom is 0.243 e. The van der Waals surface area contributed by atoms with Gasteiger partial charge in [0.05, 0.1) is 6.04 Å². The van der Waals surface area contributed by atoms with Crippen LogP contribution in [0, 0.1) is 11.8 Å². The molecule has 3 atom stereocenters. The maximum absolute atomic E-state index is 13.3. The van der Waals surface area contributed by atoms with Crippen molar-refractivity contribution in [3.63, 3.8) is 0 Å². The monoisotopic (exact) mass is 522 g/mol. The molecule has 0 rings (SSSR count). The van der Waals surface area contributed by atoms with Gasteiger partial charge in [0.25, 0.3) is 0 Å². The molecule has 0 aromatic rings. The highest BCUT2D eigenvalue weighted by atomic mass is 16.2. The van der Waals surface area contributed by atoms with Crippen LogP contribution in [0.4, 0.5) is 0 Å². The molecular formula is C28H50N4O5. The van der Waals surface area contributed by atoms with E-state index in [-0.39, 0.29) is 42.3 Å². The van der Waals surface area contributed by atoms with Crippen LogP contribution in [0.2, 0.25) is 0 Å². The number of amides is 4. The van der Waals surface area contributed by atoms with Crippen molar-refractivity contribution in [3.05, 3.63) is 11.6 Å². The molecule has 0 spiro atoms. The van der Waals surface area contributed by atoms with Gasteiger partial charge in [0.1, 0.15) is 12.1 Å². The Balaban J connectivity index is 5.77. The van der Waals surface area contributed by atoms with Gasteiger partial charge in [-0.1, -0.05) is 53.5 Å². The van der Waals surface area contributed by atoms with Crippen LogP contribution in [0.25, 0.3) is 0 Å². The van der Waals surface area contributed by atoms with Crippen molar-refractivity contribution in [2.24, 2.45) is 11.8 Å². The number of Topliss-reactive ketones (excluding diaryl/α,β-unsaturated/α-hetero) is 1. The first-order valence-corrected chi connectivity index (χ1v) is 13.5. The van der Waals surface area contributed by atoms with E-state index in [2.05, 4.69) is 16.0 Å². The molecule has 9 heteroatoms. The SMILES string of the molecule is C/C=C(/C)C(=O)[C@H](CC(C)C)NC(=O)[C@H](CCC(=O)N(C)C)NC(=O)[C@@H](NC(=O)CCCCC)C(C)C. The Morgan fingerprint density at radius 2 is 1.43 bits per heavy atom. The number of nitrogens with zero attached hydrogens (tertiary/aromatic N) is 1. The summed E-state index contributed by atoms with van der Waals surface area (Å²) in [5.74, 6) is -1.66. The van der Waals surface area contributed by atoms with Gasteiger partial charge in [0.15, 0.2) is 5.78 Å². The fourth-order valence-corrected chi connectivity index (χ4v) is 3.73. The highest BCUT2D eigenvalue weighted by Gasteiger charge is 2.31. The molecule has 0 saturated heterocycles. The summed E-state index contributed by atoms with van der Waals surface area (Å²) in [6.45, 7) is 13.1. The van der Waals surface area contributed by atoms with Gasteiger partial charge in [-0.05, 0) is 50.5 Å². The van der Waals surface area contributed by atoms with E-state index in [1.54, 1.807) is 34.0 Å². The number of unbranched alkanes of at least 4 members (excludes halogenated alkanes) is 2. The lowest BCUT2D eigenvalue weighted by molar-refractivity contribution is -0.134. The van der Waals surface area contributed by atoms with Gasteiger partial charge in [0.2, 0.25) is 23.6 Å². The Labute approximate surface area is 223 Å². The van der Waals surface area contributed by atoms with Gasteiger partial charge < -0.3 is 20.9 Å². The third-order valence-corrected chi connectivity index (χ3v) is 6.21. The zero-order chi connectivity index (χ0) is 28.7. The maximum atomic E-state index is 13.3. The molecule has 0 aliphatic rings. The topological polar surface area (TPSA) is 125 Å². The minimum absolute atomic E-state index is 0.0395. The van der Waals surface area contributed by atoms with E-state index in [0.717, 1.165) is 19.3 Å². The van der Waals surface area contributed by atoms with Crippen molar-refractivity contribution < 1.29 is 24.0 Å². The molecule has 0 aromatic carbocycles. The van der Waals surface area contributed by atoms with Crippen LogP contribution in [-0.4, -0.2) is 66.5 Å². The molecule has 0 heterocycles. The average Bonchev–Trinajstić information content (AvgIpc) is 2.82. The molecular weight excluding hydrogens is 472 g/mol. The zero-order valence-corrected chi connectivity index (χ0v) is 24.4. The van der Waals surface area contributed by atoms with Gasteiger partial charge in [-0.3, -0.25) is 24.0 Å². The van der Waals surface area contributed by atoms with E-state index in [9.17, 15) is 24.0 Å². The van der Waals surface area contributed by atoms with E-state index < -0.39 is 29.9 Å². The van der Waals surface area contributed by atoms with Crippen molar-refractivity contribution in [2.45, 2.75) is 112 Å². The first kappa shape index (κ1) is 34.3. The lowest BCUT2D eigenvalue weighted by Gasteiger charge is -2.27. The summed E-state index contributed by atoms with van der Waals surface area (Å²) >= 11 is 0. The Hall–Kier alpha value is -2.71. The predicted molar refractivity (Wildman–Crippen MR) is 147 cm³/mol. The number of rotatable bonds is 17. The van der Waals surface area contributed by atoms with E-state index in [4.69, 9.17) is 0 Å². The molecule has 4 amide bonds. The Morgan fingerprint density at radius 1 is 0.838 bits per heavy atom. The fraction of sp³-hybridized carbons (Fsp3) is 0.750. The summed E-state index contributed by atoms with van der Waals surface area (Å²) in [6.07, 6.45) is 5.22. The molecule has 0 fully saturated rings. The lowest BCUT2D eigenvalue weighted by Crippen LogP contribution is -2.57. The third kappa shape index (κ3) is 13.4. The van der Waals surface area contributed by atoms with Crippen LogP contribution < -0.4 is 16.0 Å². The number of nitrogens with one attached hydrogen (secondary N) is 3. The molecule has 3 N–H and O–H groups in total. The van der Waals surface area contributed by atoms with Crippen LogP contribution >= 0.6 is 0 Å². The highest BCUT2D eigenvalue weighted by molar-refractivity contribution is 6.02. The van der Waals surface area contributed by atoms with Crippen LogP contribution in [0.3, 0.4) is 0 Å². The number of carbonyl (C=O) groups excluding carboxylic acids is 5. The second-order valence-corrected chi connectivity index (χ2v) is 10.7. The van der Waals surface area contributed by atoms with E-state index in [1.165, 1.54) is 4.90 Å². The quantitative estimate of drug-likeness (QED) is 0.200. The second-order valence-electron chi connectivity index (χ2n) is 10.7. The van der Waals surface area contributed by atoms with Crippen LogP contribution in [0.15, 0.2) is 11.6 Å². The second kappa shape index (κ2) is 17.7. The number of ketones is 1. The van der Waals surface area contributed by atoms with E-state index in [0.29, 0.717) is 18.4 Å². The van der Waals surface area contributed by atoms with Gasteiger partial charge in [-0.15, -0.1) is 0 Å². The molecule has 0 radical (unpaired) electrons. The molecule has 0 aliphatic heterocycles. The predicted octanol–water partition coefficient (Wildman–Crippen LogP) is 3.13. The number of allylic oxidation sites excluding steroid dienone is 1. The Morgan fingerprint density at radius 3 is 1.92 bits per heavy atom. The summed E-state index contributed by atoms with van der Waals surface area (Å²) in [6, 6.07) is -2.61. The van der Waals surface area contributed by atoms with Gasteiger partial charge in [-0.2, -0.15) is 0 Å². The smallest absolute Gasteiger partial charge is 0.243 e. The highest BCUT2D eigenvalue weighted by Crippen LogP contribution is 2.12. The molecule has 0 saturated carbocycles. The summed E-state index contributed by atoms with van der Waals surface area (Å²) in [7, 11) is 3.24. The molecule has 0 bridgehead atoms. The van der Waals surface area contributed by atoms with Crippen LogP contribution in [0.5, 0.6) is 0 Å². The van der Waals surface area contributed by atoms with Gasteiger partial charge in [0, 0.05) is 26.9 Å². The van der Waals surface area contributed by atoms with Crippen LogP contribution in [0.1, 0.15) is 93.4 Å². The van der Waals surface area contributed by atoms with Crippen molar-refractivity contribution >= 4 is 29.4 Å². The number of hydrogen-bond acceptors (Lipinski definition) is 5. The van der Waals surface area contributed by atoms with Crippen molar-refractivity contribution in [3.8, 4) is 0 Å². The third-order valence-electron chi connectivity index (χ3n) is 6.21. The van der Waals surface area contributed by atoms with Crippen molar-refractivity contribution in [2.75, 3.05) is 14.1 Å². The molecule has 0 aliphatic carbocycles. The van der Waals surface area contributed by atoms with Gasteiger partial charge in [-0.25, -0.2) is 0 Å². The van der Waals surface area contributed by atoms with Crippen LogP contribution in [-0.2, 0) is 24.0 Å². The Bertz CT molecular complexity index is 804. The summed E-state index contributed by atoms with van der Waals surface area (Å²) in [5, 5.41) is 8.34. The minimum atomic E-state index is -1.04. The van der Waals surface area contributed by atoms with E-state index in [1.807, 2.05) is 34.6 Å². The normalized spacial score (nSPS) is 14.1. The number of carbonyl (C=O) groups is 5. The zero-order valence-electron chi connectivity index (χ0n) is 24.4. The minimum Gasteiger partial charge on any atom is -0.349 e. The average molecular weight is 523 g/mol. The summed E-state index contributed by atoms with van der Waals surface area (Å²) in [5.41, 5.74) is 0.542. The van der Waals surface area contributed by atoms with Gasteiger partial charge >= 0.3 is 0 Å². The van der Waals surface area contributed by atoms with Crippen molar-refractivity contribution in [1.29, 1.82) is 0 Å². The van der Waals surface area contributed by atoms with E-state index >= 15 is 0 Å². The molecule has 0 aromatic heterocycles. The first-order chi connectivity index (χ1) is 17.2. The molecule has 212 valence electrons.